The highest BCUT2D eigenvalue weighted by Crippen LogP contribution is 2.25. The minimum absolute atomic E-state index is 0.0545. The highest BCUT2D eigenvalue weighted by molar-refractivity contribution is 5.97. The van der Waals surface area contributed by atoms with Gasteiger partial charge in [-0.25, -0.2) is 0 Å². The van der Waals surface area contributed by atoms with Gasteiger partial charge in [0.15, 0.2) is 5.84 Å². The zero-order chi connectivity index (χ0) is 24.1. The molecule has 8 heteroatoms. The van der Waals surface area contributed by atoms with Crippen LogP contribution in [0.4, 0.5) is 0 Å². The average Bonchev–Trinajstić information content (AvgIpc) is 2.83. The van der Waals surface area contributed by atoms with E-state index in [4.69, 9.17) is 20.4 Å². The number of rotatable bonds is 14. The molecule has 2 rings (SSSR count). The average molecular weight is 458 g/mol. The number of ether oxygens (including phenoxy) is 2. The predicted molar refractivity (Wildman–Crippen MR) is 128 cm³/mol. The standard InChI is InChI=1S/C25H35N3O5/c1-3-14-28(15-4-2)25(30)22-13-12-21(18-23(22)29)33-17-7-5-6-16-32-20-10-8-19(9-11-20)24(26)27-31/h8-13,18,29,31H,3-7,14-17H2,1-2H3,(H2,26,27). The smallest absolute Gasteiger partial charge is 0.257 e. The van der Waals surface area contributed by atoms with Crippen molar-refractivity contribution in [2.75, 3.05) is 26.3 Å². The molecule has 0 bridgehead atoms. The van der Waals surface area contributed by atoms with Gasteiger partial charge in [-0.05, 0) is 68.5 Å². The van der Waals surface area contributed by atoms with Crippen molar-refractivity contribution in [3.63, 3.8) is 0 Å². The number of carbonyl (C=O) groups is 1. The lowest BCUT2D eigenvalue weighted by atomic mass is 10.1. The molecule has 0 spiro atoms. The van der Waals surface area contributed by atoms with Crippen molar-refractivity contribution in [2.24, 2.45) is 10.9 Å². The number of hydrogen-bond acceptors (Lipinski definition) is 6. The fraction of sp³-hybridized carbons (Fsp3) is 0.440. The molecule has 2 aromatic rings. The third kappa shape index (κ3) is 8.21. The summed E-state index contributed by atoms with van der Waals surface area (Å²) in [4.78, 5) is 14.4. The van der Waals surface area contributed by atoms with E-state index in [0.717, 1.165) is 37.9 Å². The molecule has 2 aromatic carbocycles. The van der Waals surface area contributed by atoms with Crippen LogP contribution in [0.2, 0.25) is 0 Å². The summed E-state index contributed by atoms with van der Waals surface area (Å²) < 4.78 is 11.4. The van der Waals surface area contributed by atoms with Crippen LogP contribution in [0.1, 0.15) is 61.9 Å². The largest absolute Gasteiger partial charge is 0.507 e. The van der Waals surface area contributed by atoms with Gasteiger partial charge in [-0.1, -0.05) is 19.0 Å². The van der Waals surface area contributed by atoms with Crippen molar-refractivity contribution < 1.29 is 24.6 Å². The number of amidine groups is 1. The summed E-state index contributed by atoms with van der Waals surface area (Å²) in [7, 11) is 0. The summed E-state index contributed by atoms with van der Waals surface area (Å²) in [5, 5.41) is 22.0. The normalized spacial score (nSPS) is 11.3. The van der Waals surface area contributed by atoms with Crippen LogP contribution in [-0.4, -0.2) is 53.3 Å². The molecule has 180 valence electrons. The molecule has 0 unspecified atom stereocenters. The van der Waals surface area contributed by atoms with E-state index >= 15 is 0 Å². The number of phenolic OH excluding ortho intramolecular Hbond substituents is 1. The van der Waals surface area contributed by atoms with Crippen LogP contribution in [0.25, 0.3) is 0 Å². The van der Waals surface area contributed by atoms with E-state index in [-0.39, 0.29) is 17.5 Å². The Labute approximate surface area is 195 Å². The van der Waals surface area contributed by atoms with Crippen LogP contribution in [0.15, 0.2) is 47.6 Å². The number of unbranched alkanes of at least 4 members (excludes halogenated alkanes) is 2. The number of carbonyl (C=O) groups excluding carboxylic acids is 1. The molecular weight excluding hydrogens is 422 g/mol. The zero-order valence-corrected chi connectivity index (χ0v) is 19.5. The first-order valence-electron chi connectivity index (χ1n) is 11.5. The number of aromatic hydroxyl groups is 1. The zero-order valence-electron chi connectivity index (χ0n) is 19.5. The van der Waals surface area contributed by atoms with Crippen molar-refractivity contribution in [2.45, 2.75) is 46.0 Å². The van der Waals surface area contributed by atoms with Gasteiger partial charge in [0.1, 0.15) is 17.2 Å². The number of phenols is 1. The molecule has 0 radical (unpaired) electrons. The third-order valence-corrected chi connectivity index (χ3v) is 5.06. The topological polar surface area (TPSA) is 118 Å². The Kier molecular flexibility index (Phi) is 10.9. The van der Waals surface area contributed by atoms with E-state index in [1.807, 2.05) is 13.8 Å². The maximum absolute atomic E-state index is 12.7. The Balaban J connectivity index is 1.70. The summed E-state index contributed by atoms with van der Waals surface area (Å²) in [6.07, 6.45) is 4.39. The third-order valence-electron chi connectivity index (χ3n) is 5.06. The molecule has 0 aliphatic rings. The number of benzene rings is 2. The van der Waals surface area contributed by atoms with E-state index in [1.54, 1.807) is 41.3 Å². The minimum atomic E-state index is -0.151. The molecule has 1 amide bonds. The Morgan fingerprint density at radius 3 is 2.06 bits per heavy atom. The Bertz CT molecular complexity index is 893. The monoisotopic (exact) mass is 457 g/mol. The molecule has 0 aliphatic heterocycles. The molecule has 0 heterocycles. The quantitative estimate of drug-likeness (QED) is 0.127. The van der Waals surface area contributed by atoms with Crippen molar-refractivity contribution >= 4 is 11.7 Å². The summed E-state index contributed by atoms with van der Waals surface area (Å²) in [5.41, 5.74) is 6.47. The van der Waals surface area contributed by atoms with Gasteiger partial charge < -0.3 is 30.4 Å². The fourth-order valence-corrected chi connectivity index (χ4v) is 3.35. The second-order valence-corrected chi connectivity index (χ2v) is 7.74. The minimum Gasteiger partial charge on any atom is -0.507 e. The second kappa shape index (κ2) is 13.9. The molecule has 0 saturated carbocycles. The Morgan fingerprint density at radius 2 is 1.52 bits per heavy atom. The van der Waals surface area contributed by atoms with Gasteiger partial charge in [-0.2, -0.15) is 0 Å². The van der Waals surface area contributed by atoms with E-state index < -0.39 is 0 Å². The van der Waals surface area contributed by atoms with Crippen LogP contribution in [0.5, 0.6) is 17.2 Å². The highest BCUT2D eigenvalue weighted by atomic mass is 16.5. The van der Waals surface area contributed by atoms with Crippen molar-refractivity contribution in [1.29, 1.82) is 0 Å². The van der Waals surface area contributed by atoms with Gasteiger partial charge in [-0.3, -0.25) is 4.79 Å². The van der Waals surface area contributed by atoms with E-state index in [1.165, 1.54) is 6.07 Å². The van der Waals surface area contributed by atoms with Gasteiger partial charge in [0.2, 0.25) is 0 Å². The van der Waals surface area contributed by atoms with Crippen molar-refractivity contribution in [1.82, 2.24) is 4.90 Å². The van der Waals surface area contributed by atoms with Gasteiger partial charge >= 0.3 is 0 Å². The molecule has 0 saturated heterocycles. The van der Waals surface area contributed by atoms with Crippen LogP contribution in [-0.2, 0) is 0 Å². The van der Waals surface area contributed by atoms with Gasteiger partial charge in [0.25, 0.3) is 5.91 Å². The first-order chi connectivity index (χ1) is 16.0. The highest BCUT2D eigenvalue weighted by Gasteiger charge is 2.18. The summed E-state index contributed by atoms with van der Waals surface area (Å²) in [6.45, 7) is 6.50. The first kappa shape index (κ1) is 25.8. The molecular formula is C25H35N3O5. The number of nitrogens with two attached hydrogens (primary N) is 1. The number of nitrogens with zero attached hydrogens (tertiary/aromatic N) is 2. The van der Waals surface area contributed by atoms with Gasteiger partial charge in [0, 0.05) is 24.7 Å². The Hall–Kier alpha value is -3.42. The van der Waals surface area contributed by atoms with E-state index in [2.05, 4.69) is 5.16 Å². The molecule has 4 N–H and O–H groups in total. The first-order valence-corrected chi connectivity index (χ1v) is 11.5. The maximum atomic E-state index is 12.7. The molecule has 8 nitrogen and oxygen atoms in total. The molecule has 0 atom stereocenters. The van der Waals surface area contributed by atoms with Crippen LogP contribution < -0.4 is 15.2 Å². The molecule has 33 heavy (non-hydrogen) atoms. The number of hydrogen-bond donors (Lipinski definition) is 3. The molecule has 0 aliphatic carbocycles. The van der Waals surface area contributed by atoms with Crippen molar-refractivity contribution in [3.8, 4) is 17.2 Å². The van der Waals surface area contributed by atoms with Crippen molar-refractivity contribution in [3.05, 3.63) is 53.6 Å². The Morgan fingerprint density at radius 1 is 0.939 bits per heavy atom. The lowest BCUT2D eigenvalue weighted by Crippen LogP contribution is -2.32. The predicted octanol–water partition coefficient (Wildman–Crippen LogP) is 4.38. The van der Waals surface area contributed by atoms with Crippen LogP contribution >= 0.6 is 0 Å². The summed E-state index contributed by atoms with van der Waals surface area (Å²) in [6, 6.07) is 11.9. The van der Waals surface area contributed by atoms with Gasteiger partial charge in [0.05, 0.1) is 18.8 Å². The number of oxime groups is 1. The second-order valence-electron chi connectivity index (χ2n) is 7.74. The molecule has 0 aromatic heterocycles. The van der Waals surface area contributed by atoms with Crippen LogP contribution in [0.3, 0.4) is 0 Å². The lowest BCUT2D eigenvalue weighted by Gasteiger charge is -2.22. The van der Waals surface area contributed by atoms with Crippen LogP contribution in [0, 0.1) is 0 Å². The number of amides is 1. The summed E-state index contributed by atoms with van der Waals surface area (Å²) >= 11 is 0. The van der Waals surface area contributed by atoms with E-state index in [0.29, 0.717) is 43.2 Å². The lowest BCUT2D eigenvalue weighted by molar-refractivity contribution is 0.0752. The summed E-state index contributed by atoms with van der Waals surface area (Å²) in [5.74, 6) is 1.13. The SMILES string of the molecule is CCCN(CCC)C(=O)c1ccc(OCCCCCOc2ccc(C(N)=NO)cc2)cc1O. The van der Waals surface area contributed by atoms with Gasteiger partial charge in [-0.15, -0.1) is 0 Å². The molecule has 0 fully saturated rings. The maximum Gasteiger partial charge on any atom is 0.257 e. The fourth-order valence-electron chi connectivity index (χ4n) is 3.35. The van der Waals surface area contributed by atoms with E-state index in [9.17, 15) is 9.90 Å².